The molecule has 0 saturated heterocycles. The maximum absolute atomic E-state index is 12.2. The molecule has 2 heterocycles. The van der Waals surface area contributed by atoms with Gasteiger partial charge in [0.15, 0.2) is 5.69 Å². The Morgan fingerprint density at radius 2 is 1.74 bits per heavy atom. The van der Waals surface area contributed by atoms with Gasteiger partial charge in [-0.15, -0.1) is 0 Å². The van der Waals surface area contributed by atoms with Crippen molar-refractivity contribution in [3.05, 3.63) is 87.3 Å². The molecule has 0 aliphatic carbocycles. The van der Waals surface area contributed by atoms with Crippen LogP contribution >= 0.6 is 0 Å². The summed E-state index contributed by atoms with van der Waals surface area (Å²) in [7, 11) is 0. The van der Waals surface area contributed by atoms with Gasteiger partial charge in [0.2, 0.25) is 0 Å². The van der Waals surface area contributed by atoms with E-state index in [4.69, 9.17) is 0 Å². The highest BCUT2D eigenvalue weighted by atomic mass is 16.2. The summed E-state index contributed by atoms with van der Waals surface area (Å²) in [5.74, 6) is -0.181. The zero-order valence-corrected chi connectivity index (χ0v) is 13.9. The normalized spacial score (nSPS) is 10.7. The molecule has 2 aromatic heterocycles. The average Bonchev–Trinajstić information content (AvgIpc) is 2.69. The lowest BCUT2D eigenvalue weighted by atomic mass is 10.1. The third-order valence-corrected chi connectivity index (χ3v) is 3.95. The molecule has 8 heteroatoms. The van der Waals surface area contributed by atoms with Gasteiger partial charge in [0.1, 0.15) is 5.82 Å². The highest BCUT2D eigenvalue weighted by molar-refractivity contribution is 6.02. The van der Waals surface area contributed by atoms with E-state index in [1.807, 2.05) is 6.07 Å². The summed E-state index contributed by atoms with van der Waals surface area (Å²) in [6.07, 6.45) is 2.69. The van der Waals surface area contributed by atoms with Crippen molar-refractivity contribution in [2.24, 2.45) is 0 Å². The van der Waals surface area contributed by atoms with E-state index < -0.39 is 11.5 Å². The predicted molar refractivity (Wildman–Crippen MR) is 101 cm³/mol. The van der Waals surface area contributed by atoms with Crippen molar-refractivity contribution < 1.29 is 4.79 Å². The summed E-state index contributed by atoms with van der Waals surface area (Å²) in [6, 6.07) is 13.8. The minimum absolute atomic E-state index is 0.220. The van der Waals surface area contributed by atoms with Crippen LogP contribution in [0.2, 0.25) is 0 Å². The number of fused-ring (bicyclic) bond motifs is 1. The van der Waals surface area contributed by atoms with Crippen molar-refractivity contribution in [1.29, 1.82) is 0 Å². The summed E-state index contributed by atoms with van der Waals surface area (Å²) in [4.78, 5) is 49.3. The van der Waals surface area contributed by atoms with E-state index in [2.05, 4.69) is 25.3 Å². The molecule has 3 N–H and O–H groups in total. The van der Waals surface area contributed by atoms with Crippen molar-refractivity contribution in [1.82, 2.24) is 19.9 Å². The number of H-pyrrole nitrogens is 2. The van der Waals surface area contributed by atoms with Crippen molar-refractivity contribution in [3.63, 3.8) is 0 Å². The minimum Gasteiger partial charge on any atom is -0.326 e. The van der Waals surface area contributed by atoms with E-state index in [1.54, 1.807) is 42.5 Å². The molecule has 0 spiro atoms. The summed E-state index contributed by atoms with van der Waals surface area (Å²) in [5.41, 5.74) is 0.764. The molecule has 0 saturated carbocycles. The van der Waals surface area contributed by atoms with Crippen LogP contribution in [0, 0.1) is 0 Å². The van der Waals surface area contributed by atoms with Crippen LogP contribution in [0.15, 0.2) is 70.5 Å². The number of para-hydroxylation sites is 1. The fraction of sp³-hybridized carbons (Fsp3) is 0. The topological polar surface area (TPSA) is 121 Å². The lowest BCUT2D eigenvalue weighted by Gasteiger charge is -2.06. The Morgan fingerprint density at radius 3 is 2.52 bits per heavy atom. The summed E-state index contributed by atoms with van der Waals surface area (Å²) < 4.78 is 0. The molecule has 132 valence electrons. The van der Waals surface area contributed by atoms with Gasteiger partial charge in [0.25, 0.3) is 17.0 Å². The first kappa shape index (κ1) is 16.4. The molecule has 27 heavy (non-hydrogen) atoms. The zero-order valence-electron chi connectivity index (χ0n) is 13.9. The van der Waals surface area contributed by atoms with Gasteiger partial charge in [0.05, 0.1) is 10.9 Å². The fourth-order valence-corrected chi connectivity index (χ4v) is 2.64. The first-order chi connectivity index (χ1) is 13.1. The molecule has 4 aromatic rings. The van der Waals surface area contributed by atoms with E-state index in [9.17, 15) is 14.4 Å². The molecular weight excluding hydrogens is 346 g/mol. The summed E-state index contributed by atoms with van der Waals surface area (Å²) >= 11 is 0. The smallest absolute Gasteiger partial charge is 0.280 e. The van der Waals surface area contributed by atoms with E-state index in [1.165, 1.54) is 12.4 Å². The number of hydrogen-bond donors (Lipinski definition) is 3. The van der Waals surface area contributed by atoms with Crippen LogP contribution in [-0.2, 0) is 0 Å². The molecule has 0 radical (unpaired) electrons. The van der Waals surface area contributed by atoms with Gasteiger partial charge in [0, 0.05) is 23.6 Å². The van der Waals surface area contributed by atoms with E-state index in [0.29, 0.717) is 28.0 Å². The maximum atomic E-state index is 12.2. The van der Waals surface area contributed by atoms with Gasteiger partial charge in [-0.1, -0.05) is 12.1 Å². The Labute approximate surface area is 152 Å². The predicted octanol–water partition coefficient (Wildman–Crippen LogP) is 1.93. The first-order valence-corrected chi connectivity index (χ1v) is 8.06. The Bertz CT molecular complexity index is 1260. The van der Waals surface area contributed by atoms with Gasteiger partial charge in [-0.25, -0.2) is 9.97 Å². The zero-order chi connectivity index (χ0) is 18.8. The second-order valence-electron chi connectivity index (χ2n) is 5.73. The second-order valence-corrected chi connectivity index (χ2v) is 5.73. The maximum Gasteiger partial charge on any atom is 0.280 e. The van der Waals surface area contributed by atoms with Crippen LogP contribution < -0.4 is 16.4 Å². The van der Waals surface area contributed by atoms with Crippen LogP contribution in [-0.4, -0.2) is 25.8 Å². The average molecular weight is 359 g/mol. The lowest BCUT2D eigenvalue weighted by molar-refractivity contribution is 0.102. The van der Waals surface area contributed by atoms with Crippen molar-refractivity contribution in [2.75, 3.05) is 5.32 Å². The van der Waals surface area contributed by atoms with Crippen LogP contribution in [0.1, 0.15) is 10.5 Å². The first-order valence-electron chi connectivity index (χ1n) is 8.06. The molecule has 2 aromatic carbocycles. The highest BCUT2D eigenvalue weighted by Gasteiger charge is 2.12. The fourth-order valence-electron chi connectivity index (χ4n) is 2.64. The standard InChI is InChI=1S/C19H13N5O3/c25-17-13-3-1-2-4-14(13)23-16(24-17)11-5-7-12(8-6-11)22-19(27)15-18(26)21-10-9-20-15/h1-10H,(H,21,26)(H,22,27)(H,23,24,25). The Balaban J connectivity index is 1.61. The quantitative estimate of drug-likeness (QED) is 0.516. The number of benzene rings is 2. The van der Waals surface area contributed by atoms with Crippen molar-refractivity contribution in [2.45, 2.75) is 0 Å². The second kappa shape index (κ2) is 6.68. The van der Waals surface area contributed by atoms with Crippen LogP contribution in [0.3, 0.4) is 0 Å². The third-order valence-electron chi connectivity index (χ3n) is 3.95. The molecule has 4 rings (SSSR count). The van der Waals surface area contributed by atoms with E-state index >= 15 is 0 Å². The van der Waals surface area contributed by atoms with E-state index in [0.717, 1.165) is 0 Å². The van der Waals surface area contributed by atoms with Crippen LogP contribution in [0.5, 0.6) is 0 Å². The molecule has 0 bridgehead atoms. The molecule has 1 amide bonds. The number of carbonyl (C=O) groups excluding carboxylic acids is 1. The minimum atomic E-state index is -0.609. The summed E-state index contributed by atoms with van der Waals surface area (Å²) in [6.45, 7) is 0. The number of carbonyl (C=O) groups is 1. The van der Waals surface area contributed by atoms with Crippen LogP contribution in [0.4, 0.5) is 5.69 Å². The molecular formula is C19H13N5O3. The van der Waals surface area contributed by atoms with Gasteiger partial charge >= 0.3 is 0 Å². The molecule has 0 aliphatic rings. The number of rotatable bonds is 3. The summed E-state index contributed by atoms with van der Waals surface area (Å²) in [5, 5.41) is 3.12. The Morgan fingerprint density at radius 1 is 0.963 bits per heavy atom. The number of aromatic nitrogens is 4. The van der Waals surface area contributed by atoms with Gasteiger partial charge in [-0.05, 0) is 36.4 Å². The molecule has 0 atom stereocenters. The lowest BCUT2D eigenvalue weighted by Crippen LogP contribution is -2.24. The van der Waals surface area contributed by atoms with Gasteiger partial charge in [-0.3, -0.25) is 14.4 Å². The molecule has 0 fully saturated rings. The van der Waals surface area contributed by atoms with Crippen LogP contribution in [0.25, 0.3) is 22.3 Å². The number of aromatic amines is 2. The van der Waals surface area contributed by atoms with Gasteiger partial charge < -0.3 is 15.3 Å². The number of nitrogens with zero attached hydrogens (tertiary/aromatic N) is 2. The largest absolute Gasteiger partial charge is 0.326 e. The number of nitrogens with one attached hydrogen (secondary N) is 3. The number of hydrogen-bond acceptors (Lipinski definition) is 5. The third kappa shape index (κ3) is 3.23. The van der Waals surface area contributed by atoms with Crippen molar-refractivity contribution >= 4 is 22.5 Å². The molecule has 0 aliphatic heterocycles. The number of anilines is 1. The monoisotopic (exact) mass is 359 g/mol. The SMILES string of the molecule is O=C(Nc1ccc(-c2nc3ccccc3c(=O)[nH]2)cc1)c1ncc[nH]c1=O. The van der Waals surface area contributed by atoms with Crippen molar-refractivity contribution in [3.8, 4) is 11.4 Å². The van der Waals surface area contributed by atoms with Gasteiger partial charge in [-0.2, -0.15) is 0 Å². The van der Waals surface area contributed by atoms with E-state index in [-0.39, 0.29) is 11.3 Å². The number of amides is 1. The highest BCUT2D eigenvalue weighted by Crippen LogP contribution is 2.19. The molecule has 8 nitrogen and oxygen atoms in total. The molecule has 0 unspecified atom stereocenters. The Kier molecular flexibility index (Phi) is 4.06. The Hall–Kier alpha value is -4.07.